The molecule has 2 saturated heterocycles. The minimum absolute atomic E-state index is 0.234. The molecule has 3 fully saturated rings. The molecule has 0 unspecified atom stereocenters. The standard InChI is InChI=1S/C24H26ClFN6O2/c1-24(5-6-24)34-23-21-14(9-27)2-3-18(21)29-20(30-23)8-15-10-28-32(22(15)25)19-4-7-31(11-17(19)26)16-12-33-13-16/h2,10,16-17,19H,3-8,11-13H2,1H3/t17-,19-/m0/s1. The Hall–Kier alpha value is -2.54. The topological polar surface area (TPSA) is 89.1 Å². The molecule has 2 aliphatic carbocycles. The molecule has 2 aromatic rings. The zero-order valence-corrected chi connectivity index (χ0v) is 19.8. The maximum Gasteiger partial charge on any atom is 0.226 e. The van der Waals surface area contributed by atoms with Crippen LogP contribution in [0.4, 0.5) is 4.39 Å². The Morgan fingerprint density at radius 3 is 2.85 bits per heavy atom. The number of halogens is 2. The Kier molecular flexibility index (Phi) is 5.36. The van der Waals surface area contributed by atoms with Gasteiger partial charge in [0, 0.05) is 31.5 Å². The molecule has 4 aliphatic rings. The van der Waals surface area contributed by atoms with E-state index in [0.717, 1.165) is 30.6 Å². The van der Waals surface area contributed by atoms with E-state index >= 15 is 4.39 Å². The Balaban J connectivity index is 1.23. The summed E-state index contributed by atoms with van der Waals surface area (Å²) in [7, 11) is 0. The fourth-order valence-electron chi connectivity index (χ4n) is 4.88. The van der Waals surface area contributed by atoms with Gasteiger partial charge in [-0.25, -0.2) is 14.1 Å². The van der Waals surface area contributed by atoms with E-state index in [4.69, 9.17) is 26.1 Å². The fraction of sp³-hybridized carbons (Fsp3) is 0.583. The Morgan fingerprint density at radius 2 is 2.18 bits per heavy atom. The van der Waals surface area contributed by atoms with Crippen LogP contribution in [0.5, 0.6) is 5.88 Å². The molecular formula is C24H26ClFN6O2. The number of nitriles is 1. The quantitative estimate of drug-likeness (QED) is 0.621. The van der Waals surface area contributed by atoms with Crippen LogP contribution in [0, 0.1) is 11.3 Å². The molecule has 0 spiro atoms. The number of aromatic nitrogens is 4. The van der Waals surface area contributed by atoms with E-state index < -0.39 is 12.2 Å². The number of hydrogen-bond acceptors (Lipinski definition) is 7. The van der Waals surface area contributed by atoms with Gasteiger partial charge in [0.25, 0.3) is 0 Å². The first-order chi connectivity index (χ1) is 16.4. The smallest absolute Gasteiger partial charge is 0.226 e. The fourth-order valence-corrected chi connectivity index (χ4v) is 5.16. The summed E-state index contributed by atoms with van der Waals surface area (Å²) >= 11 is 6.69. The van der Waals surface area contributed by atoms with Crippen molar-refractivity contribution in [2.45, 2.75) is 62.9 Å². The number of hydrogen-bond donors (Lipinski definition) is 0. The first-order valence-electron chi connectivity index (χ1n) is 11.8. The number of likely N-dealkylation sites (tertiary alicyclic amines) is 1. The van der Waals surface area contributed by atoms with Crippen molar-refractivity contribution in [3.05, 3.63) is 40.1 Å². The van der Waals surface area contributed by atoms with Gasteiger partial charge in [-0.2, -0.15) is 15.3 Å². The van der Waals surface area contributed by atoms with Crippen molar-refractivity contribution in [3.8, 4) is 11.9 Å². The molecule has 4 heterocycles. The van der Waals surface area contributed by atoms with E-state index in [1.807, 2.05) is 13.0 Å². The second kappa shape index (κ2) is 8.29. The van der Waals surface area contributed by atoms with Gasteiger partial charge in [-0.3, -0.25) is 4.90 Å². The second-order valence-corrected chi connectivity index (χ2v) is 10.3. The number of fused-ring (bicyclic) bond motifs is 1. The van der Waals surface area contributed by atoms with Crippen molar-refractivity contribution >= 4 is 17.2 Å². The average molecular weight is 485 g/mol. The molecule has 6 rings (SSSR count). The average Bonchev–Trinajstić information content (AvgIpc) is 3.19. The van der Waals surface area contributed by atoms with Crippen LogP contribution in [0.2, 0.25) is 5.15 Å². The molecule has 2 atom stereocenters. The summed E-state index contributed by atoms with van der Waals surface area (Å²) < 4.78 is 28.1. The summed E-state index contributed by atoms with van der Waals surface area (Å²) in [4.78, 5) is 11.5. The molecular weight excluding hydrogens is 459 g/mol. The molecule has 10 heteroatoms. The number of ether oxygens (including phenoxy) is 2. The molecule has 0 amide bonds. The van der Waals surface area contributed by atoms with Crippen LogP contribution in [0.1, 0.15) is 54.9 Å². The summed E-state index contributed by atoms with van der Waals surface area (Å²) in [6.07, 6.45) is 5.99. The highest BCUT2D eigenvalue weighted by Gasteiger charge is 2.42. The molecule has 34 heavy (non-hydrogen) atoms. The lowest BCUT2D eigenvalue weighted by molar-refractivity contribution is -0.0847. The van der Waals surface area contributed by atoms with Crippen molar-refractivity contribution in [1.29, 1.82) is 5.26 Å². The van der Waals surface area contributed by atoms with E-state index in [1.54, 1.807) is 10.9 Å². The third kappa shape index (κ3) is 3.88. The predicted molar refractivity (Wildman–Crippen MR) is 122 cm³/mol. The molecule has 0 aromatic carbocycles. The highest BCUT2D eigenvalue weighted by Crippen LogP contribution is 2.43. The predicted octanol–water partition coefficient (Wildman–Crippen LogP) is 3.30. The maximum absolute atomic E-state index is 15.1. The van der Waals surface area contributed by atoms with E-state index in [-0.39, 0.29) is 5.60 Å². The lowest BCUT2D eigenvalue weighted by atomic mass is 10.0. The lowest BCUT2D eigenvalue weighted by Gasteiger charge is -2.42. The summed E-state index contributed by atoms with van der Waals surface area (Å²) in [6, 6.07) is 2.16. The highest BCUT2D eigenvalue weighted by molar-refractivity contribution is 6.30. The normalized spacial score (nSPS) is 25.9. The molecule has 2 aromatic heterocycles. The van der Waals surface area contributed by atoms with Crippen molar-refractivity contribution in [3.63, 3.8) is 0 Å². The third-order valence-electron chi connectivity index (χ3n) is 7.33. The minimum atomic E-state index is -1.05. The van der Waals surface area contributed by atoms with Crippen LogP contribution in [-0.2, 0) is 17.6 Å². The second-order valence-electron chi connectivity index (χ2n) is 9.89. The maximum atomic E-state index is 15.1. The van der Waals surface area contributed by atoms with Crippen LogP contribution in [0.25, 0.3) is 5.57 Å². The third-order valence-corrected chi connectivity index (χ3v) is 7.74. The number of nitrogens with zero attached hydrogens (tertiary/aromatic N) is 6. The van der Waals surface area contributed by atoms with Gasteiger partial charge in [-0.05, 0) is 26.2 Å². The van der Waals surface area contributed by atoms with Gasteiger partial charge < -0.3 is 9.47 Å². The zero-order valence-electron chi connectivity index (χ0n) is 19.0. The van der Waals surface area contributed by atoms with Gasteiger partial charge in [-0.1, -0.05) is 17.7 Å². The number of piperidine rings is 1. The van der Waals surface area contributed by atoms with Crippen molar-refractivity contribution in [2.24, 2.45) is 0 Å². The number of rotatable bonds is 6. The van der Waals surface area contributed by atoms with Gasteiger partial charge in [0.05, 0.1) is 54.4 Å². The van der Waals surface area contributed by atoms with Crippen molar-refractivity contribution < 1.29 is 13.9 Å². The van der Waals surface area contributed by atoms with Crippen LogP contribution >= 0.6 is 11.6 Å². The minimum Gasteiger partial charge on any atom is -0.471 e. The molecule has 0 N–H and O–H groups in total. The molecule has 178 valence electrons. The first-order valence-corrected chi connectivity index (χ1v) is 12.2. The van der Waals surface area contributed by atoms with Crippen LogP contribution in [-0.4, -0.2) is 68.8 Å². The molecule has 0 bridgehead atoms. The first kappa shape index (κ1) is 22.0. The number of allylic oxidation sites excluding steroid dienone is 2. The molecule has 1 saturated carbocycles. The van der Waals surface area contributed by atoms with Crippen LogP contribution in [0.3, 0.4) is 0 Å². The summed E-state index contributed by atoms with van der Waals surface area (Å²) in [5.74, 6) is 1.02. The summed E-state index contributed by atoms with van der Waals surface area (Å²) in [5, 5.41) is 14.4. The van der Waals surface area contributed by atoms with Gasteiger partial charge in [0.15, 0.2) is 0 Å². The summed E-state index contributed by atoms with van der Waals surface area (Å²) in [5.41, 5.74) is 2.56. The van der Waals surface area contributed by atoms with Crippen molar-refractivity contribution in [1.82, 2.24) is 24.6 Å². The van der Waals surface area contributed by atoms with Crippen molar-refractivity contribution in [2.75, 3.05) is 26.3 Å². The van der Waals surface area contributed by atoms with Gasteiger partial charge >= 0.3 is 0 Å². The lowest BCUT2D eigenvalue weighted by Crippen LogP contribution is -2.55. The van der Waals surface area contributed by atoms with Gasteiger partial charge in [-0.15, -0.1) is 0 Å². The molecule has 2 aliphatic heterocycles. The van der Waals surface area contributed by atoms with Gasteiger partial charge in [0.2, 0.25) is 5.88 Å². The van der Waals surface area contributed by atoms with E-state index in [1.165, 1.54) is 0 Å². The Morgan fingerprint density at radius 1 is 1.35 bits per heavy atom. The van der Waals surface area contributed by atoms with Crippen LogP contribution < -0.4 is 4.74 Å². The van der Waals surface area contributed by atoms with E-state index in [2.05, 4.69) is 21.1 Å². The zero-order chi connectivity index (χ0) is 23.4. The number of alkyl halides is 1. The molecule has 0 radical (unpaired) electrons. The van der Waals surface area contributed by atoms with E-state index in [0.29, 0.717) is 73.1 Å². The summed E-state index contributed by atoms with van der Waals surface area (Å²) in [6.45, 7) is 4.57. The SMILES string of the molecule is CC1(Oc2nc(Cc3cnn([C@H]4CCN(C5COC5)C[C@@H]4F)c3Cl)nc3c2C(C#N)=CC3)CC1. The molecule has 8 nitrogen and oxygen atoms in total. The van der Waals surface area contributed by atoms with Gasteiger partial charge in [0.1, 0.15) is 22.8 Å². The highest BCUT2D eigenvalue weighted by atomic mass is 35.5. The Labute approximate surface area is 202 Å². The van der Waals surface area contributed by atoms with Crippen LogP contribution in [0.15, 0.2) is 12.3 Å². The largest absolute Gasteiger partial charge is 0.471 e. The van der Waals surface area contributed by atoms with E-state index in [9.17, 15) is 5.26 Å². The Bertz CT molecular complexity index is 1200. The monoisotopic (exact) mass is 484 g/mol.